The summed E-state index contributed by atoms with van der Waals surface area (Å²) in [5, 5.41) is 15.8. The van der Waals surface area contributed by atoms with E-state index in [-0.39, 0.29) is 18.1 Å². The molecule has 1 fully saturated rings. The van der Waals surface area contributed by atoms with Crippen molar-refractivity contribution >= 4 is 29.0 Å². The first-order valence-electron chi connectivity index (χ1n) is 6.61. The number of aliphatic hydroxyl groups excluding tert-OH is 1. The predicted octanol–water partition coefficient (Wildman–Crippen LogP) is 2.10. The summed E-state index contributed by atoms with van der Waals surface area (Å²) in [6, 6.07) is -0.0524. The van der Waals surface area contributed by atoms with Crippen molar-refractivity contribution in [3.63, 3.8) is 0 Å². The van der Waals surface area contributed by atoms with E-state index in [2.05, 4.69) is 10.3 Å². The van der Waals surface area contributed by atoms with Gasteiger partial charge in [0.05, 0.1) is 28.6 Å². The van der Waals surface area contributed by atoms with E-state index in [4.69, 9.17) is 0 Å². The lowest BCUT2D eigenvalue weighted by Gasteiger charge is -2.28. The number of carbonyl (C=O) groups is 1. The number of rotatable bonds is 5. The molecule has 6 heteroatoms. The highest BCUT2D eigenvalue weighted by atomic mass is 32.2. The second-order valence-corrected chi connectivity index (χ2v) is 6.92. The lowest BCUT2D eigenvalue weighted by atomic mass is 9.93. The molecule has 106 valence electrons. The van der Waals surface area contributed by atoms with Gasteiger partial charge in [-0.3, -0.25) is 4.79 Å². The fourth-order valence-corrected chi connectivity index (χ4v) is 3.70. The molecule has 19 heavy (non-hydrogen) atoms. The van der Waals surface area contributed by atoms with Crippen LogP contribution in [-0.4, -0.2) is 33.9 Å². The monoisotopic (exact) mass is 300 g/mol. The van der Waals surface area contributed by atoms with Crippen molar-refractivity contribution in [3.8, 4) is 0 Å². The molecule has 1 saturated carbocycles. The zero-order valence-corrected chi connectivity index (χ0v) is 12.7. The standard InChI is InChI=1S/C13H20N2O2S2/c1-9-14-10(7-19-9)6-18-8-13(17)15-11-4-2-3-5-12(11)16/h7,11-12,16H,2-6,8H2,1H3,(H,15,17)/t11-,12-/m0/s1. The van der Waals surface area contributed by atoms with Gasteiger partial charge in [-0.15, -0.1) is 23.1 Å². The Balaban J connectivity index is 1.66. The molecule has 0 aliphatic heterocycles. The Morgan fingerprint density at radius 2 is 2.37 bits per heavy atom. The number of nitrogens with one attached hydrogen (secondary N) is 1. The number of amides is 1. The molecule has 0 spiro atoms. The highest BCUT2D eigenvalue weighted by molar-refractivity contribution is 7.99. The molecule has 0 unspecified atom stereocenters. The van der Waals surface area contributed by atoms with Crippen LogP contribution in [0.25, 0.3) is 0 Å². The molecule has 0 saturated heterocycles. The average Bonchev–Trinajstić information content (AvgIpc) is 2.78. The van der Waals surface area contributed by atoms with Gasteiger partial charge < -0.3 is 10.4 Å². The van der Waals surface area contributed by atoms with Crippen LogP contribution in [0, 0.1) is 6.92 Å². The predicted molar refractivity (Wildman–Crippen MR) is 79.4 cm³/mol. The summed E-state index contributed by atoms with van der Waals surface area (Å²) in [6.07, 6.45) is 3.47. The number of carbonyl (C=O) groups excluding carboxylic acids is 1. The van der Waals surface area contributed by atoms with E-state index >= 15 is 0 Å². The summed E-state index contributed by atoms with van der Waals surface area (Å²) in [4.78, 5) is 16.2. The lowest BCUT2D eigenvalue weighted by Crippen LogP contribution is -2.45. The third-order valence-electron chi connectivity index (χ3n) is 3.23. The number of hydrogen-bond acceptors (Lipinski definition) is 5. The van der Waals surface area contributed by atoms with E-state index in [9.17, 15) is 9.90 Å². The SMILES string of the molecule is Cc1nc(CSCC(=O)N[C@H]2CCCC[C@@H]2O)cs1. The summed E-state index contributed by atoms with van der Waals surface area (Å²) >= 11 is 3.20. The van der Waals surface area contributed by atoms with E-state index in [0.717, 1.165) is 42.1 Å². The summed E-state index contributed by atoms with van der Waals surface area (Å²) in [5.41, 5.74) is 1.04. The van der Waals surface area contributed by atoms with Crippen LogP contribution in [0.1, 0.15) is 36.4 Å². The molecule has 4 nitrogen and oxygen atoms in total. The quantitative estimate of drug-likeness (QED) is 0.874. The van der Waals surface area contributed by atoms with Gasteiger partial charge in [-0.1, -0.05) is 12.8 Å². The molecule has 1 amide bonds. The molecular weight excluding hydrogens is 280 g/mol. The molecule has 1 aliphatic carbocycles. The van der Waals surface area contributed by atoms with Crippen LogP contribution in [0.3, 0.4) is 0 Å². The topological polar surface area (TPSA) is 62.2 Å². The van der Waals surface area contributed by atoms with Gasteiger partial charge in [-0.05, 0) is 19.8 Å². The largest absolute Gasteiger partial charge is 0.391 e. The van der Waals surface area contributed by atoms with Crippen molar-refractivity contribution in [2.24, 2.45) is 0 Å². The minimum atomic E-state index is -0.371. The van der Waals surface area contributed by atoms with Crippen molar-refractivity contribution in [2.75, 3.05) is 5.75 Å². The first-order valence-corrected chi connectivity index (χ1v) is 8.65. The fraction of sp³-hybridized carbons (Fsp3) is 0.692. The van der Waals surface area contributed by atoms with Gasteiger partial charge in [0.25, 0.3) is 0 Å². The van der Waals surface area contributed by atoms with Gasteiger partial charge in [0.15, 0.2) is 0 Å². The first-order chi connectivity index (χ1) is 9.15. The Kier molecular flexibility index (Phi) is 5.66. The zero-order chi connectivity index (χ0) is 13.7. The maximum Gasteiger partial charge on any atom is 0.230 e. The second-order valence-electron chi connectivity index (χ2n) is 4.88. The van der Waals surface area contributed by atoms with Crippen molar-refractivity contribution in [1.82, 2.24) is 10.3 Å². The summed E-state index contributed by atoms with van der Waals surface area (Å²) in [7, 11) is 0. The summed E-state index contributed by atoms with van der Waals surface area (Å²) in [6.45, 7) is 1.98. The van der Waals surface area contributed by atoms with Crippen LogP contribution < -0.4 is 5.32 Å². The molecule has 2 N–H and O–H groups in total. The number of nitrogens with zero attached hydrogens (tertiary/aromatic N) is 1. The van der Waals surface area contributed by atoms with Crippen LogP contribution in [0.4, 0.5) is 0 Å². The Hall–Kier alpha value is -0.590. The van der Waals surface area contributed by atoms with Crippen LogP contribution in [0.15, 0.2) is 5.38 Å². The van der Waals surface area contributed by atoms with Crippen molar-refractivity contribution < 1.29 is 9.90 Å². The highest BCUT2D eigenvalue weighted by Crippen LogP contribution is 2.19. The van der Waals surface area contributed by atoms with Crippen LogP contribution in [0.2, 0.25) is 0 Å². The Labute approximate surface area is 122 Å². The van der Waals surface area contributed by atoms with Gasteiger partial charge >= 0.3 is 0 Å². The van der Waals surface area contributed by atoms with E-state index in [1.54, 1.807) is 23.1 Å². The number of thioether (sulfide) groups is 1. The van der Waals surface area contributed by atoms with Gasteiger partial charge in [0.1, 0.15) is 0 Å². The van der Waals surface area contributed by atoms with Gasteiger partial charge in [0, 0.05) is 11.1 Å². The van der Waals surface area contributed by atoms with Gasteiger partial charge in [0.2, 0.25) is 5.91 Å². The van der Waals surface area contributed by atoms with Gasteiger partial charge in [-0.25, -0.2) is 4.98 Å². The molecule has 0 radical (unpaired) electrons. The maximum absolute atomic E-state index is 11.8. The van der Waals surface area contributed by atoms with Crippen LogP contribution in [-0.2, 0) is 10.5 Å². The summed E-state index contributed by atoms with van der Waals surface area (Å²) < 4.78 is 0. The lowest BCUT2D eigenvalue weighted by molar-refractivity contribution is -0.120. The number of aryl methyl sites for hydroxylation is 1. The Bertz CT molecular complexity index is 423. The number of thiazole rings is 1. The highest BCUT2D eigenvalue weighted by Gasteiger charge is 2.24. The van der Waals surface area contributed by atoms with Gasteiger partial charge in [-0.2, -0.15) is 0 Å². The normalized spacial score (nSPS) is 23.3. The number of aromatic nitrogens is 1. The summed E-state index contributed by atoms with van der Waals surface area (Å²) in [5.74, 6) is 1.22. The third kappa shape index (κ3) is 4.78. The zero-order valence-electron chi connectivity index (χ0n) is 11.1. The molecule has 0 aromatic carbocycles. The van der Waals surface area contributed by atoms with Crippen molar-refractivity contribution in [1.29, 1.82) is 0 Å². The van der Waals surface area contributed by atoms with E-state index in [0.29, 0.717) is 5.75 Å². The molecule has 0 bridgehead atoms. The molecular formula is C13H20N2O2S2. The molecule has 1 aromatic rings. The van der Waals surface area contributed by atoms with Crippen molar-refractivity contribution in [2.45, 2.75) is 50.5 Å². The molecule has 1 aliphatic rings. The van der Waals surface area contributed by atoms with E-state index in [1.807, 2.05) is 12.3 Å². The number of hydrogen-bond donors (Lipinski definition) is 2. The third-order valence-corrected chi connectivity index (χ3v) is 5.01. The first kappa shape index (κ1) is 14.8. The Morgan fingerprint density at radius 3 is 3.05 bits per heavy atom. The maximum atomic E-state index is 11.8. The van der Waals surface area contributed by atoms with Crippen LogP contribution in [0.5, 0.6) is 0 Å². The van der Waals surface area contributed by atoms with E-state index in [1.165, 1.54) is 0 Å². The van der Waals surface area contributed by atoms with E-state index < -0.39 is 0 Å². The Morgan fingerprint density at radius 1 is 1.58 bits per heavy atom. The average molecular weight is 300 g/mol. The minimum Gasteiger partial charge on any atom is -0.391 e. The minimum absolute atomic E-state index is 0.0166. The number of aliphatic hydroxyl groups is 1. The fourth-order valence-electron chi connectivity index (χ4n) is 2.25. The van der Waals surface area contributed by atoms with Crippen LogP contribution >= 0.6 is 23.1 Å². The van der Waals surface area contributed by atoms with Crippen molar-refractivity contribution in [3.05, 3.63) is 16.1 Å². The molecule has 2 rings (SSSR count). The molecule has 2 atom stereocenters. The molecule has 1 aromatic heterocycles. The smallest absolute Gasteiger partial charge is 0.230 e. The molecule has 1 heterocycles. The second kappa shape index (κ2) is 7.26.